The third-order valence-corrected chi connectivity index (χ3v) is 5.03. The number of piperidine rings is 1. The second-order valence-electron chi connectivity index (χ2n) is 5.25. The van der Waals surface area contributed by atoms with Crippen LogP contribution >= 0.6 is 31.9 Å². The minimum absolute atomic E-state index is 0.0543. The molecule has 1 heterocycles. The monoisotopic (exact) mass is 418 g/mol. The van der Waals surface area contributed by atoms with Gasteiger partial charge in [0.2, 0.25) is 5.91 Å². The van der Waals surface area contributed by atoms with Gasteiger partial charge in [0.05, 0.1) is 17.3 Å². The third-order valence-electron chi connectivity index (χ3n) is 3.75. The lowest BCUT2D eigenvalue weighted by atomic mass is 9.93. The van der Waals surface area contributed by atoms with E-state index in [2.05, 4.69) is 42.5 Å². The Hall–Kier alpha value is -0.590. The van der Waals surface area contributed by atoms with Crippen LogP contribution in [0, 0.1) is 5.92 Å². The molecule has 0 aliphatic carbocycles. The van der Waals surface area contributed by atoms with Gasteiger partial charge in [-0.05, 0) is 76.2 Å². The molecule has 0 aromatic heterocycles. The summed E-state index contributed by atoms with van der Waals surface area (Å²) in [5.41, 5.74) is 0.741. The molecule has 0 atom stereocenters. The summed E-state index contributed by atoms with van der Waals surface area (Å²) in [6.45, 7) is 2.14. The Morgan fingerprint density at radius 3 is 2.71 bits per heavy atom. The molecule has 1 aromatic carbocycles. The number of nitrogens with one attached hydrogen (secondary N) is 2. The number of hydrogen-bond donors (Lipinski definition) is 2. The first-order valence-corrected chi connectivity index (χ1v) is 8.72. The average molecular weight is 420 g/mol. The van der Waals surface area contributed by atoms with E-state index in [4.69, 9.17) is 4.74 Å². The highest BCUT2D eigenvalue weighted by atomic mass is 79.9. The van der Waals surface area contributed by atoms with Crippen LogP contribution in [0.3, 0.4) is 0 Å². The molecule has 6 heteroatoms. The fraction of sp³-hybridized carbons (Fsp3) is 0.533. The van der Waals surface area contributed by atoms with Crippen LogP contribution in [0.2, 0.25) is 0 Å². The first kappa shape index (κ1) is 16.8. The van der Waals surface area contributed by atoms with Crippen LogP contribution < -0.4 is 15.4 Å². The Morgan fingerprint density at radius 1 is 1.33 bits per heavy atom. The smallest absolute Gasteiger partial charge is 0.224 e. The topological polar surface area (TPSA) is 50.4 Å². The zero-order valence-corrected chi connectivity index (χ0v) is 15.2. The van der Waals surface area contributed by atoms with E-state index in [0.717, 1.165) is 34.1 Å². The van der Waals surface area contributed by atoms with Gasteiger partial charge in [0.15, 0.2) is 0 Å². The van der Waals surface area contributed by atoms with Crippen molar-refractivity contribution in [3.63, 3.8) is 0 Å². The molecular formula is C15H20Br2N2O2. The minimum atomic E-state index is 0.0543. The number of benzene rings is 1. The van der Waals surface area contributed by atoms with Crippen LogP contribution in [0.4, 0.5) is 5.69 Å². The summed E-state index contributed by atoms with van der Waals surface area (Å²) in [6, 6.07) is 3.69. The van der Waals surface area contributed by atoms with Crippen molar-refractivity contribution in [3.8, 4) is 5.75 Å². The molecule has 0 unspecified atom stereocenters. The van der Waals surface area contributed by atoms with Crippen LogP contribution in [-0.4, -0.2) is 26.1 Å². The van der Waals surface area contributed by atoms with E-state index in [-0.39, 0.29) is 5.91 Å². The number of carbonyl (C=O) groups is 1. The van der Waals surface area contributed by atoms with Crippen molar-refractivity contribution in [1.29, 1.82) is 0 Å². The van der Waals surface area contributed by atoms with E-state index >= 15 is 0 Å². The highest BCUT2D eigenvalue weighted by Crippen LogP contribution is 2.34. The molecule has 2 N–H and O–H groups in total. The van der Waals surface area contributed by atoms with Crippen molar-refractivity contribution in [3.05, 3.63) is 21.1 Å². The van der Waals surface area contributed by atoms with Crippen LogP contribution in [0.1, 0.15) is 25.7 Å². The Balaban J connectivity index is 1.89. The predicted molar refractivity (Wildman–Crippen MR) is 91.9 cm³/mol. The summed E-state index contributed by atoms with van der Waals surface area (Å²) in [4.78, 5) is 12.1. The second kappa shape index (κ2) is 8.15. The van der Waals surface area contributed by atoms with Gasteiger partial charge in [-0.3, -0.25) is 4.79 Å². The van der Waals surface area contributed by atoms with E-state index < -0.39 is 0 Å². The molecule has 21 heavy (non-hydrogen) atoms. The summed E-state index contributed by atoms with van der Waals surface area (Å²) in [6.07, 6.45) is 3.86. The molecule has 1 saturated heterocycles. The van der Waals surface area contributed by atoms with Crippen LogP contribution in [0.15, 0.2) is 21.1 Å². The summed E-state index contributed by atoms with van der Waals surface area (Å²) in [5.74, 6) is 1.42. The van der Waals surface area contributed by atoms with Gasteiger partial charge in [-0.25, -0.2) is 0 Å². The number of rotatable bonds is 5. The van der Waals surface area contributed by atoms with E-state index in [9.17, 15) is 4.79 Å². The predicted octanol–water partition coefficient (Wildman–Crippen LogP) is 3.94. The van der Waals surface area contributed by atoms with Crippen molar-refractivity contribution < 1.29 is 9.53 Å². The lowest BCUT2D eigenvalue weighted by Gasteiger charge is -2.22. The lowest BCUT2D eigenvalue weighted by molar-refractivity contribution is -0.116. The summed E-state index contributed by atoms with van der Waals surface area (Å²) >= 11 is 6.87. The normalized spacial score (nSPS) is 15.8. The molecule has 1 amide bonds. The molecule has 0 saturated carbocycles. The van der Waals surface area contributed by atoms with Crippen molar-refractivity contribution in [1.82, 2.24) is 5.32 Å². The number of methoxy groups -OCH3 is 1. The fourth-order valence-electron chi connectivity index (χ4n) is 2.50. The van der Waals surface area contributed by atoms with Crippen LogP contribution in [0.25, 0.3) is 0 Å². The first-order chi connectivity index (χ1) is 10.1. The zero-order valence-electron chi connectivity index (χ0n) is 12.0. The molecule has 4 nitrogen and oxygen atoms in total. The van der Waals surface area contributed by atoms with E-state index in [1.54, 1.807) is 7.11 Å². The Morgan fingerprint density at radius 2 is 2.05 bits per heavy atom. The molecule has 1 aromatic rings. The van der Waals surface area contributed by atoms with Crippen molar-refractivity contribution in [2.45, 2.75) is 25.7 Å². The minimum Gasteiger partial charge on any atom is -0.495 e. The highest BCUT2D eigenvalue weighted by Gasteiger charge is 2.15. The molecule has 1 aliphatic heterocycles. The van der Waals surface area contributed by atoms with E-state index in [0.29, 0.717) is 18.1 Å². The lowest BCUT2D eigenvalue weighted by Crippen LogP contribution is -2.28. The van der Waals surface area contributed by atoms with Gasteiger partial charge in [0.25, 0.3) is 0 Å². The number of amides is 1. The van der Waals surface area contributed by atoms with Gasteiger partial charge in [0.1, 0.15) is 5.75 Å². The van der Waals surface area contributed by atoms with Gasteiger partial charge in [-0.2, -0.15) is 0 Å². The molecular weight excluding hydrogens is 400 g/mol. The Kier molecular flexibility index (Phi) is 6.51. The second-order valence-corrected chi connectivity index (χ2v) is 6.96. The third kappa shape index (κ3) is 4.97. The van der Waals surface area contributed by atoms with Crippen LogP contribution in [0.5, 0.6) is 5.75 Å². The summed E-state index contributed by atoms with van der Waals surface area (Å²) in [5, 5.41) is 6.29. The maximum Gasteiger partial charge on any atom is 0.224 e. The average Bonchev–Trinajstić information content (AvgIpc) is 2.49. The highest BCUT2D eigenvalue weighted by molar-refractivity contribution is 9.11. The fourth-order valence-corrected chi connectivity index (χ4v) is 3.75. The molecule has 0 spiro atoms. The molecule has 1 aliphatic rings. The van der Waals surface area contributed by atoms with E-state index in [1.807, 2.05) is 12.1 Å². The quantitative estimate of drug-likeness (QED) is 0.759. The number of anilines is 1. The standard InChI is InChI=1S/C15H20Br2N2O2/c1-21-14-9-13(11(16)8-12(14)17)19-15(20)3-2-10-4-6-18-7-5-10/h8-10,18H,2-7H2,1H3,(H,19,20). The van der Waals surface area contributed by atoms with Gasteiger partial charge in [0, 0.05) is 17.0 Å². The van der Waals surface area contributed by atoms with Crippen molar-refractivity contribution in [2.24, 2.45) is 5.92 Å². The van der Waals surface area contributed by atoms with Crippen molar-refractivity contribution in [2.75, 3.05) is 25.5 Å². The van der Waals surface area contributed by atoms with Gasteiger partial charge in [-0.15, -0.1) is 0 Å². The van der Waals surface area contributed by atoms with E-state index in [1.165, 1.54) is 12.8 Å². The first-order valence-electron chi connectivity index (χ1n) is 7.13. The molecule has 0 radical (unpaired) electrons. The largest absolute Gasteiger partial charge is 0.495 e. The molecule has 116 valence electrons. The maximum absolute atomic E-state index is 12.1. The Labute approximate surface area is 142 Å². The number of halogens is 2. The van der Waals surface area contributed by atoms with Gasteiger partial charge < -0.3 is 15.4 Å². The number of carbonyl (C=O) groups excluding carboxylic acids is 1. The molecule has 1 fully saturated rings. The van der Waals surface area contributed by atoms with Crippen LogP contribution in [-0.2, 0) is 4.79 Å². The van der Waals surface area contributed by atoms with Crippen molar-refractivity contribution >= 4 is 43.5 Å². The Bertz CT molecular complexity index is 503. The van der Waals surface area contributed by atoms with Gasteiger partial charge >= 0.3 is 0 Å². The number of ether oxygens (including phenoxy) is 1. The summed E-state index contributed by atoms with van der Waals surface area (Å²) in [7, 11) is 1.61. The maximum atomic E-state index is 12.1. The molecule has 0 bridgehead atoms. The summed E-state index contributed by atoms with van der Waals surface area (Å²) < 4.78 is 6.94. The number of hydrogen-bond acceptors (Lipinski definition) is 3. The molecule has 2 rings (SSSR count). The SMILES string of the molecule is COc1cc(NC(=O)CCC2CCNCC2)c(Br)cc1Br. The van der Waals surface area contributed by atoms with Gasteiger partial charge in [-0.1, -0.05) is 0 Å². The zero-order chi connectivity index (χ0) is 15.2.